The summed E-state index contributed by atoms with van der Waals surface area (Å²) < 4.78 is 42.6. The van der Waals surface area contributed by atoms with Gasteiger partial charge in [-0.25, -0.2) is 19.7 Å². The number of piperazine rings is 1. The average molecular weight is 613 g/mol. The minimum absolute atomic E-state index is 0.222. The van der Waals surface area contributed by atoms with Crippen molar-refractivity contribution in [3.05, 3.63) is 54.6 Å². The van der Waals surface area contributed by atoms with Crippen molar-refractivity contribution in [3.63, 3.8) is 0 Å². The largest absolute Gasteiger partial charge is 0.450 e. The second-order valence-corrected chi connectivity index (χ2v) is 10.1. The highest BCUT2D eigenvalue weighted by molar-refractivity contribution is 5.96. The number of halogens is 3. The first-order valence-corrected chi connectivity index (χ1v) is 14.4. The van der Waals surface area contributed by atoms with E-state index in [4.69, 9.17) is 4.74 Å². The van der Waals surface area contributed by atoms with Crippen molar-refractivity contribution in [1.29, 1.82) is 0 Å². The second kappa shape index (κ2) is 14.7. The zero-order valence-corrected chi connectivity index (χ0v) is 24.8. The molecule has 5 rings (SSSR count). The van der Waals surface area contributed by atoms with Crippen LogP contribution in [0.2, 0.25) is 0 Å². The minimum atomic E-state index is -4.50. The van der Waals surface area contributed by atoms with Crippen LogP contribution in [-0.2, 0) is 16.1 Å². The zero-order valence-electron chi connectivity index (χ0n) is 24.8. The molecular formula is C30H35F3N8O3. The number of fused-ring (bicyclic) bond motifs is 1. The van der Waals surface area contributed by atoms with Crippen LogP contribution in [0.15, 0.2) is 48.9 Å². The van der Waals surface area contributed by atoms with Gasteiger partial charge in [0.05, 0.1) is 17.8 Å². The van der Waals surface area contributed by atoms with Crippen molar-refractivity contribution in [3.8, 4) is 22.5 Å². The molecule has 234 valence electrons. The lowest BCUT2D eigenvalue weighted by molar-refractivity contribution is -0.162. The first-order chi connectivity index (χ1) is 21.1. The highest BCUT2D eigenvalue weighted by Crippen LogP contribution is 2.32. The van der Waals surface area contributed by atoms with E-state index in [1.807, 2.05) is 24.3 Å². The number of alkyl halides is 3. The molecule has 0 saturated carbocycles. The monoisotopic (exact) mass is 612 g/mol. The molecule has 1 saturated heterocycles. The number of carbonyl (C=O) groups is 2. The molecule has 14 heteroatoms. The summed E-state index contributed by atoms with van der Waals surface area (Å²) in [5, 5.41) is 2.58. The average Bonchev–Trinajstić information content (AvgIpc) is 3.39. The molecule has 4 heterocycles. The van der Waals surface area contributed by atoms with E-state index >= 15 is 0 Å². The first-order valence-electron chi connectivity index (χ1n) is 14.4. The van der Waals surface area contributed by atoms with E-state index < -0.39 is 24.6 Å². The van der Waals surface area contributed by atoms with E-state index in [-0.39, 0.29) is 25.6 Å². The highest BCUT2D eigenvalue weighted by Gasteiger charge is 2.34. The van der Waals surface area contributed by atoms with Crippen LogP contribution >= 0.6 is 0 Å². The number of aromatic nitrogens is 5. The van der Waals surface area contributed by atoms with Gasteiger partial charge >= 0.3 is 12.3 Å². The third kappa shape index (κ3) is 8.72. The Bertz CT molecular complexity index is 1540. The summed E-state index contributed by atoms with van der Waals surface area (Å²) in [7, 11) is 0. The lowest BCUT2D eigenvalue weighted by atomic mass is 10.0. The molecule has 0 aliphatic carbocycles. The smallest absolute Gasteiger partial charge is 0.413 e. The summed E-state index contributed by atoms with van der Waals surface area (Å²) in [5.41, 5.74) is 4.32. The summed E-state index contributed by atoms with van der Waals surface area (Å²) in [6, 6.07) is 9.32. The summed E-state index contributed by atoms with van der Waals surface area (Å²) in [6.45, 7) is 8.11. The molecule has 0 atom stereocenters. The van der Waals surface area contributed by atoms with Crippen LogP contribution in [0.4, 0.5) is 23.9 Å². The molecule has 0 radical (unpaired) electrons. The standard InChI is InChI=1S/C27H27F3N8O3.C3H8/c1-2-41-26(40)36-25-34-21-13-18(12-20(23(21)35-25)24-31-6-3-7-32-24)17-4-5-19(33-15-17)16-37-8-10-38(11-9-37)22(39)14-27(28,29)30;1-3-2/h3-7,12-13,15H,2,8-11,14,16H2,1H3,(H2,34,35,36,40);3H2,1-2H3. The molecule has 1 aliphatic heterocycles. The van der Waals surface area contributed by atoms with Crippen LogP contribution in [-0.4, -0.2) is 85.7 Å². The van der Waals surface area contributed by atoms with E-state index in [9.17, 15) is 22.8 Å². The molecule has 3 aromatic heterocycles. The van der Waals surface area contributed by atoms with Crippen LogP contribution in [0.3, 0.4) is 0 Å². The number of H-pyrrole nitrogens is 1. The second-order valence-electron chi connectivity index (χ2n) is 10.1. The van der Waals surface area contributed by atoms with Crippen molar-refractivity contribution < 1.29 is 27.5 Å². The zero-order chi connectivity index (χ0) is 31.7. The number of hydrogen-bond donors (Lipinski definition) is 2. The van der Waals surface area contributed by atoms with Crippen LogP contribution in [0, 0.1) is 0 Å². The molecule has 44 heavy (non-hydrogen) atoms. The van der Waals surface area contributed by atoms with Gasteiger partial charge in [0.2, 0.25) is 11.9 Å². The van der Waals surface area contributed by atoms with Crippen LogP contribution in [0.25, 0.3) is 33.5 Å². The number of nitrogens with zero attached hydrogens (tertiary/aromatic N) is 6. The Balaban J connectivity index is 0.00000141. The van der Waals surface area contributed by atoms with Crippen LogP contribution in [0.5, 0.6) is 0 Å². The van der Waals surface area contributed by atoms with Gasteiger partial charge in [-0.05, 0) is 36.8 Å². The highest BCUT2D eigenvalue weighted by atomic mass is 19.4. The van der Waals surface area contributed by atoms with Gasteiger partial charge in [0, 0.05) is 62.4 Å². The minimum Gasteiger partial charge on any atom is -0.450 e. The maximum atomic E-state index is 12.5. The Morgan fingerprint density at radius 3 is 2.32 bits per heavy atom. The van der Waals surface area contributed by atoms with Gasteiger partial charge in [-0.2, -0.15) is 13.2 Å². The van der Waals surface area contributed by atoms with E-state index in [0.29, 0.717) is 42.1 Å². The Kier molecular flexibility index (Phi) is 10.8. The number of ether oxygens (including phenoxy) is 1. The summed E-state index contributed by atoms with van der Waals surface area (Å²) in [6.07, 6.45) is -0.302. The lowest BCUT2D eigenvalue weighted by Crippen LogP contribution is -2.49. The molecule has 2 N–H and O–H groups in total. The van der Waals surface area contributed by atoms with Crippen LogP contribution in [0.1, 0.15) is 39.3 Å². The molecule has 0 spiro atoms. The Hall–Kier alpha value is -4.59. The molecule has 1 fully saturated rings. The molecule has 4 aromatic rings. The van der Waals surface area contributed by atoms with Crippen molar-refractivity contribution >= 4 is 29.0 Å². The van der Waals surface area contributed by atoms with Crippen LogP contribution < -0.4 is 5.32 Å². The molecular weight excluding hydrogens is 577 g/mol. The van der Waals surface area contributed by atoms with Gasteiger partial charge in [0.25, 0.3) is 0 Å². The number of carbonyl (C=O) groups excluding carboxylic acids is 2. The molecule has 0 bridgehead atoms. The quantitative estimate of drug-likeness (QED) is 0.274. The summed E-state index contributed by atoms with van der Waals surface area (Å²) in [5.74, 6) is -0.203. The van der Waals surface area contributed by atoms with Gasteiger partial charge < -0.3 is 14.6 Å². The third-order valence-electron chi connectivity index (χ3n) is 6.51. The molecule has 11 nitrogen and oxygen atoms in total. The molecule has 0 unspecified atom stereocenters. The van der Waals surface area contributed by atoms with Gasteiger partial charge in [-0.3, -0.25) is 20.0 Å². The topological polar surface area (TPSA) is 129 Å². The summed E-state index contributed by atoms with van der Waals surface area (Å²) in [4.78, 5) is 48.0. The number of anilines is 1. The fraction of sp³-hybridized carbons (Fsp3) is 0.400. The van der Waals surface area contributed by atoms with E-state index in [1.165, 1.54) is 11.3 Å². The van der Waals surface area contributed by atoms with Gasteiger partial charge in [0.15, 0.2) is 5.82 Å². The number of pyridine rings is 1. The Morgan fingerprint density at radius 1 is 1.00 bits per heavy atom. The van der Waals surface area contributed by atoms with E-state index in [2.05, 4.69) is 49.0 Å². The number of imidazole rings is 1. The van der Waals surface area contributed by atoms with Gasteiger partial charge in [0.1, 0.15) is 11.9 Å². The number of aromatic amines is 1. The Labute approximate surface area is 252 Å². The number of nitrogens with one attached hydrogen (secondary N) is 2. The van der Waals surface area contributed by atoms with E-state index in [0.717, 1.165) is 16.8 Å². The predicted octanol–water partition coefficient (Wildman–Crippen LogP) is 5.66. The fourth-order valence-electron chi connectivity index (χ4n) is 4.57. The maximum absolute atomic E-state index is 12.5. The first kappa shape index (κ1) is 32.3. The number of hydrogen-bond acceptors (Lipinski definition) is 8. The van der Waals surface area contributed by atoms with Crippen molar-refractivity contribution in [2.45, 2.75) is 46.3 Å². The van der Waals surface area contributed by atoms with Gasteiger partial charge in [-0.15, -0.1) is 0 Å². The van der Waals surface area contributed by atoms with Crippen molar-refractivity contribution in [2.24, 2.45) is 0 Å². The number of rotatable bonds is 7. The number of amides is 2. The SMILES string of the molecule is CCC.CCOC(=O)Nc1nc2c(-c3ncccn3)cc(-c3ccc(CN4CCN(C(=O)CC(F)(F)F)CC4)nc3)cc2[nH]1. The third-order valence-corrected chi connectivity index (χ3v) is 6.51. The van der Waals surface area contributed by atoms with Crippen molar-refractivity contribution in [2.75, 3.05) is 38.1 Å². The van der Waals surface area contributed by atoms with Gasteiger partial charge in [-0.1, -0.05) is 26.3 Å². The predicted molar refractivity (Wildman–Crippen MR) is 159 cm³/mol. The van der Waals surface area contributed by atoms with Crippen molar-refractivity contribution in [1.82, 2.24) is 34.7 Å². The number of benzene rings is 1. The fourth-order valence-corrected chi connectivity index (χ4v) is 4.57. The molecule has 1 aliphatic rings. The summed E-state index contributed by atoms with van der Waals surface area (Å²) >= 11 is 0. The molecule has 1 aromatic carbocycles. The normalized spacial score (nSPS) is 13.7. The Morgan fingerprint density at radius 2 is 1.70 bits per heavy atom. The maximum Gasteiger partial charge on any atom is 0.413 e. The van der Waals surface area contributed by atoms with E-state index in [1.54, 1.807) is 31.6 Å². The molecule has 2 amide bonds. The lowest BCUT2D eigenvalue weighted by Gasteiger charge is -2.34.